The van der Waals surface area contributed by atoms with E-state index in [0.29, 0.717) is 52.7 Å². The average molecular weight is 593 g/mol. The van der Waals surface area contributed by atoms with Crippen LogP contribution in [0.2, 0.25) is 0 Å². The number of hydrogen-bond acceptors (Lipinski definition) is 7. The smallest absolute Gasteiger partial charge is 0.224 e. The summed E-state index contributed by atoms with van der Waals surface area (Å²) in [7, 11) is 3.82. The van der Waals surface area contributed by atoms with Gasteiger partial charge in [0.05, 0.1) is 41.9 Å². The van der Waals surface area contributed by atoms with E-state index in [0.717, 1.165) is 27.5 Å². The number of hydrogen-bond donors (Lipinski definition) is 3. The first-order valence-corrected chi connectivity index (χ1v) is 14.3. The lowest BCUT2D eigenvalue weighted by molar-refractivity contribution is -0.116. The van der Waals surface area contributed by atoms with Crippen molar-refractivity contribution in [1.29, 1.82) is 0 Å². The Morgan fingerprint density at radius 1 is 1.00 bits per heavy atom. The Labute approximate surface area is 253 Å². The van der Waals surface area contributed by atoms with E-state index in [1.807, 2.05) is 69.2 Å². The number of aromatic nitrogens is 6. The van der Waals surface area contributed by atoms with Crippen molar-refractivity contribution in [1.82, 2.24) is 35.0 Å². The van der Waals surface area contributed by atoms with Gasteiger partial charge < -0.3 is 15.0 Å². The van der Waals surface area contributed by atoms with Crippen LogP contribution in [0.15, 0.2) is 67.1 Å². The molecule has 0 saturated carbocycles. The minimum Gasteiger partial charge on any atom is -0.361 e. The summed E-state index contributed by atoms with van der Waals surface area (Å²) in [5.41, 5.74) is 7.11. The molecule has 0 aliphatic heterocycles. The van der Waals surface area contributed by atoms with E-state index < -0.39 is 0 Å². The molecule has 3 N–H and O–H groups in total. The van der Waals surface area contributed by atoms with Crippen LogP contribution in [0.5, 0.6) is 0 Å². The number of benzene rings is 2. The van der Waals surface area contributed by atoms with Crippen molar-refractivity contribution in [3.8, 4) is 33.9 Å². The predicted octanol–water partition coefficient (Wildman–Crippen LogP) is 6.39. The average Bonchev–Trinajstić information content (AvgIpc) is 3.60. The number of carbonyl (C=O) groups is 1. The molecule has 6 rings (SSSR count). The molecule has 0 aliphatic rings. The van der Waals surface area contributed by atoms with Crippen molar-refractivity contribution in [2.24, 2.45) is 5.92 Å². The molecule has 44 heavy (non-hydrogen) atoms. The number of ether oxygens (including phenoxy) is 1. The summed E-state index contributed by atoms with van der Waals surface area (Å²) in [5, 5.41) is 11.4. The molecule has 0 unspecified atom stereocenters. The number of nitrogens with one attached hydrogen (secondary N) is 3. The largest absolute Gasteiger partial charge is 0.361 e. The van der Waals surface area contributed by atoms with Crippen molar-refractivity contribution in [3.05, 3.63) is 78.5 Å². The summed E-state index contributed by atoms with van der Waals surface area (Å²) in [6.45, 7) is 4.72. The molecular weight excluding hydrogens is 559 g/mol. The quantitative estimate of drug-likeness (QED) is 0.157. The number of fused-ring (bicyclic) bond motifs is 2. The number of halogens is 1. The third kappa shape index (κ3) is 6.34. The molecule has 11 heteroatoms. The maximum atomic E-state index is 14.7. The topological polar surface area (TPSA) is 125 Å². The van der Waals surface area contributed by atoms with Gasteiger partial charge in [-0.3, -0.25) is 24.8 Å². The van der Waals surface area contributed by atoms with E-state index in [9.17, 15) is 9.18 Å². The number of anilines is 1. The molecule has 224 valence electrons. The fourth-order valence-corrected chi connectivity index (χ4v) is 5.10. The van der Waals surface area contributed by atoms with E-state index in [-0.39, 0.29) is 24.2 Å². The van der Waals surface area contributed by atoms with Crippen LogP contribution < -0.4 is 5.32 Å². The number of amides is 1. The van der Waals surface area contributed by atoms with Crippen LogP contribution in [-0.4, -0.2) is 61.8 Å². The second kappa shape index (κ2) is 12.3. The second-order valence-electron chi connectivity index (χ2n) is 11.5. The molecular formula is C33H33FN8O2. The fourth-order valence-electron chi connectivity index (χ4n) is 5.10. The number of rotatable bonds is 10. The highest BCUT2D eigenvalue weighted by Gasteiger charge is 2.17. The maximum Gasteiger partial charge on any atom is 0.224 e. The predicted molar refractivity (Wildman–Crippen MR) is 169 cm³/mol. The van der Waals surface area contributed by atoms with Gasteiger partial charge in [0, 0.05) is 35.3 Å². The molecule has 0 saturated heterocycles. The van der Waals surface area contributed by atoms with Gasteiger partial charge in [-0.1, -0.05) is 19.9 Å². The Bertz CT molecular complexity index is 1960. The first-order chi connectivity index (χ1) is 21.2. The number of nitrogens with zero attached hydrogens (tertiary/aromatic N) is 5. The van der Waals surface area contributed by atoms with E-state index in [2.05, 4.69) is 30.5 Å². The summed E-state index contributed by atoms with van der Waals surface area (Å²) in [5.74, 6) is 0.398. The molecule has 0 radical (unpaired) electrons. The van der Waals surface area contributed by atoms with Crippen LogP contribution in [0.3, 0.4) is 0 Å². The summed E-state index contributed by atoms with van der Waals surface area (Å²) >= 11 is 0. The highest BCUT2D eigenvalue weighted by atomic mass is 19.1. The standard InChI is InChI=1S/C33H33FN8O2/c1-19(2)9-29(43)37-25-13-23(15-35-16-25)21-5-6-27-26(14-21)31(41-40-27)33-38-28-7-8-36-30(32(28)39-33)22-10-20(11-24(34)12-22)17-44-18-42(3)4/h5-8,10-16,19H,9,17-18H2,1-4H3,(H,37,43)(H,38,39)(H,40,41). The van der Waals surface area contributed by atoms with Gasteiger partial charge in [-0.25, -0.2) is 9.37 Å². The lowest BCUT2D eigenvalue weighted by Gasteiger charge is -2.11. The van der Waals surface area contributed by atoms with Gasteiger partial charge in [0.2, 0.25) is 5.91 Å². The van der Waals surface area contributed by atoms with Gasteiger partial charge in [0.1, 0.15) is 17.0 Å². The first-order valence-electron chi connectivity index (χ1n) is 14.3. The molecule has 1 amide bonds. The Hall–Kier alpha value is -5.00. The molecule has 0 atom stereocenters. The van der Waals surface area contributed by atoms with E-state index in [4.69, 9.17) is 9.72 Å². The zero-order chi connectivity index (χ0) is 30.8. The molecule has 0 fully saturated rings. The van der Waals surface area contributed by atoms with Crippen molar-refractivity contribution >= 4 is 33.5 Å². The number of pyridine rings is 2. The molecule has 4 heterocycles. The third-order valence-corrected chi connectivity index (χ3v) is 6.99. The lowest BCUT2D eigenvalue weighted by Crippen LogP contribution is -2.15. The van der Waals surface area contributed by atoms with Crippen LogP contribution in [0.1, 0.15) is 25.8 Å². The summed E-state index contributed by atoms with van der Waals surface area (Å²) in [4.78, 5) is 31.4. The SMILES string of the molecule is CC(C)CC(=O)Nc1cncc(-c2ccc3[nH]nc(-c4nc5c(-c6cc(F)cc(COCN(C)C)c6)nccc5[nH]4)c3c2)c1. The second-order valence-corrected chi connectivity index (χ2v) is 11.5. The summed E-state index contributed by atoms with van der Waals surface area (Å²) in [6.07, 6.45) is 5.52. The highest BCUT2D eigenvalue weighted by molar-refractivity contribution is 5.98. The van der Waals surface area contributed by atoms with Crippen LogP contribution in [-0.2, 0) is 16.1 Å². The summed E-state index contributed by atoms with van der Waals surface area (Å²) in [6, 6.07) is 14.5. The minimum absolute atomic E-state index is 0.0441. The Balaban J connectivity index is 1.33. The van der Waals surface area contributed by atoms with Crippen molar-refractivity contribution in [2.75, 3.05) is 26.1 Å². The number of imidazole rings is 1. The number of aromatic amines is 2. The highest BCUT2D eigenvalue weighted by Crippen LogP contribution is 2.33. The van der Waals surface area contributed by atoms with E-state index in [1.54, 1.807) is 18.6 Å². The van der Waals surface area contributed by atoms with Crippen LogP contribution in [0.4, 0.5) is 10.1 Å². The first kappa shape index (κ1) is 29.1. The van der Waals surface area contributed by atoms with Gasteiger partial charge >= 0.3 is 0 Å². The van der Waals surface area contributed by atoms with Gasteiger partial charge in [-0.15, -0.1) is 0 Å². The monoisotopic (exact) mass is 592 g/mol. The zero-order valence-corrected chi connectivity index (χ0v) is 25.0. The molecule has 0 bridgehead atoms. The molecule has 2 aromatic carbocycles. The van der Waals surface area contributed by atoms with Crippen molar-refractivity contribution < 1.29 is 13.9 Å². The van der Waals surface area contributed by atoms with E-state index in [1.165, 1.54) is 12.1 Å². The molecule has 4 aromatic heterocycles. The Morgan fingerprint density at radius 2 is 1.86 bits per heavy atom. The summed E-state index contributed by atoms with van der Waals surface area (Å²) < 4.78 is 20.3. The normalized spacial score (nSPS) is 11.7. The van der Waals surface area contributed by atoms with Gasteiger partial charge in [-0.05, 0) is 73.6 Å². The fraction of sp³-hybridized carbons (Fsp3) is 0.242. The third-order valence-electron chi connectivity index (χ3n) is 6.99. The van der Waals surface area contributed by atoms with Crippen molar-refractivity contribution in [2.45, 2.75) is 26.9 Å². The van der Waals surface area contributed by atoms with Crippen LogP contribution in [0.25, 0.3) is 55.8 Å². The zero-order valence-electron chi connectivity index (χ0n) is 25.0. The lowest BCUT2D eigenvalue weighted by atomic mass is 10.0. The Morgan fingerprint density at radius 3 is 2.68 bits per heavy atom. The van der Waals surface area contributed by atoms with Gasteiger partial charge in [0.25, 0.3) is 0 Å². The van der Waals surface area contributed by atoms with E-state index >= 15 is 0 Å². The van der Waals surface area contributed by atoms with Crippen molar-refractivity contribution in [3.63, 3.8) is 0 Å². The molecule has 0 aliphatic carbocycles. The maximum absolute atomic E-state index is 14.7. The Kier molecular flexibility index (Phi) is 8.14. The van der Waals surface area contributed by atoms with Gasteiger partial charge in [0.15, 0.2) is 5.82 Å². The minimum atomic E-state index is -0.371. The van der Waals surface area contributed by atoms with Gasteiger partial charge in [-0.2, -0.15) is 5.10 Å². The number of carbonyl (C=O) groups excluding carboxylic acids is 1. The van der Waals surface area contributed by atoms with Crippen LogP contribution in [0, 0.1) is 11.7 Å². The molecule has 0 spiro atoms. The van der Waals surface area contributed by atoms with Crippen LogP contribution >= 0.6 is 0 Å². The number of H-pyrrole nitrogens is 2. The molecule has 10 nitrogen and oxygen atoms in total. The molecule has 6 aromatic rings.